The number of aliphatic hydroxyl groups is 1. The van der Waals surface area contributed by atoms with Crippen molar-refractivity contribution in [3.63, 3.8) is 0 Å². The number of aliphatic hydroxyl groups excluding tert-OH is 1. The largest absolute Gasteiger partial charge is 0.444 e. The minimum Gasteiger partial charge on any atom is -0.444 e. The molecular formula is C17H37NO5Si. The van der Waals surface area contributed by atoms with Gasteiger partial charge in [-0.1, -0.05) is 20.8 Å². The standard InChI is InChI=1S/C17H37NO5Si/c1-13(19)10-21-11-14(18-15(20)23-16(2,3)4)12-22-24(8,9)17(5,6)7/h13-14,19H,10-12H2,1-9H3,(H,18,20)/t13-,14+/m0/s1. The van der Waals surface area contributed by atoms with E-state index < -0.39 is 26.1 Å². The Morgan fingerprint density at radius 3 is 2.04 bits per heavy atom. The van der Waals surface area contributed by atoms with Crippen molar-refractivity contribution in [2.24, 2.45) is 0 Å². The lowest BCUT2D eigenvalue weighted by atomic mass is 10.2. The van der Waals surface area contributed by atoms with Crippen LogP contribution in [0.5, 0.6) is 0 Å². The number of rotatable bonds is 8. The average molecular weight is 364 g/mol. The quantitative estimate of drug-likeness (QED) is 0.647. The van der Waals surface area contributed by atoms with E-state index in [-0.39, 0.29) is 24.3 Å². The molecule has 0 aliphatic rings. The number of amides is 1. The van der Waals surface area contributed by atoms with Crippen molar-refractivity contribution in [3.8, 4) is 0 Å². The predicted octanol–water partition coefficient (Wildman–Crippen LogP) is 3.30. The summed E-state index contributed by atoms with van der Waals surface area (Å²) >= 11 is 0. The zero-order chi connectivity index (χ0) is 19.2. The number of alkyl carbamates (subject to hydrolysis) is 1. The van der Waals surface area contributed by atoms with Crippen molar-refractivity contribution in [1.29, 1.82) is 0 Å². The summed E-state index contributed by atoms with van der Waals surface area (Å²) in [6, 6.07) is -0.326. The fourth-order valence-electron chi connectivity index (χ4n) is 1.51. The Balaban J connectivity index is 4.72. The number of carbonyl (C=O) groups excluding carboxylic acids is 1. The van der Waals surface area contributed by atoms with E-state index in [0.717, 1.165) is 0 Å². The molecule has 0 aliphatic carbocycles. The Labute approximate surface area is 148 Å². The minimum absolute atomic E-state index is 0.0872. The van der Waals surface area contributed by atoms with Gasteiger partial charge >= 0.3 is 6.09 Å². The first-order chi connectivity index (χ1) is 10.6. The first-order valence-corrected chi connectivity index (χ1v) is 11.4. The normalized spacial score (nSPS) is 15.8. The maximum Gasteiger partial charge on any atom is 0.408 e. The molecule has 0 heterocycles. The third kappa shape index (κ3) is 10.3. The summed E-state index contributed by atoms with van der Waals surface area (Å²) in [5, 5.41) is 12.2. The molecule has 0 aromatic carbocycles. The fraction of sp³-hybridized carbons (Fsp3) is 0.941. The lowest BCUT2D eigenvalue weighted by Gasteiger charge is -2.37. The second-order valence-corrected chi connectivity index (χ2v) is 13.6. The van der Waals surface area contributed by atoms with Gasteiger partial charge in [0.1, 0.15) is 5.60 Å². The molecule has 144 valence electrons. The first-order valence-electron chi connectivity index (χ1n) is 8.53. The van der Waals surface area contributed by atoms with Gasteiger partial charge in [-0.25, -0.2) is 4.79 Å². The summed E-state index contributed by atoms with van der Waals surface area (Å²) in [6.07, 6.45) is -1.04. The Morgan fingerprint density at radius 2 is 1.62 bits per heavy atom. The van der Waals surface area contributed by atoms with E-state index in [1.165, 1.54) is 0 Å². The molecule has 0 radical (unpaired) electrons. The maximum absolute atomic E-state index is 12.0. The van der Waals surface area contributed by atoms with Crippen molar-refractivity contribution in [2.45, 2.75) is 84.3 Å². The zero-order valence-electron chi connectivity index (χ0n) is 16.9. The van der Waals surface area contributed by atoms with E-state index >= 15 is 0 Å². The Hall–Kier alpha value is -0.633. The van der Waals surface area contributed by atoms with Gasteiger partial charge in [0.25, 0.3) is 0 Å². The van der Waals surface area contributed by atoms with Crippen LogP contribution >= 0.6 is 0 Å². The molecule has 0 saturated heterocycles. The topological polar surface area (TPSA) is 77.0 Å². The second kappa shape index (κ2) is 9.17. The van der Waals surface area contributed by atoms with Gasteiger partial charge in [0, 0.05) is 0 Å². The molecule has 0 spiro atoms. The van der Waals surface area contributed by atoms with Gasteiger partial charge in [-0.05, 0) is 45.8 Å². The van der Waals surface area contributed by atoms with Crippen LogP contribution < -0.4 is 5.32 Å². The molecule has 0 aliphatic heterocycles. The van der Waals surface area contributed by atoms with Gasteiger partial charge in [-0.2, -0.15) is 0 Å². The Bertz CT molecular complexity index is 385. The van der Waals surface area contributed by atoms with Crippen LogP contribution in [0.25, 0.3) is 0 Å². The Kier molecular flexibility index (Phi) is 8.93. The van der Waals surface area contributed by atoms with Crippen molar-refractivity contribution < 1.29 is 23.8 Å². The van der Waals surface area contributed by atoms with Gasteiger partial charge in [0.15, 0.2) is 8.32 Å². The fourth-order valence-corrected chi connectivity index (χ4v) is 2.56. The highest BCUT2D eigenvalue weighted by atomic mass is 28.4. The molecule has 1 amide bonds. The summed E-state index contributed by atoms with van der Waals surface area (Å²) in [5.74, 6) is 0. The van der Waals surface area contributed by atoms with Gasteiger partial charge in [-0.15, -0.1) is 0 Å². The Morgan fingerprint density at radius 1 is 1.08 bits per heavy atom. The average Bonchev–Trinajstić information content (AvgIpc) is 2.31. The van der Waals surface area contributed by atoms with E-state index in [2.05, 4.69) is 39.2 Å². The van der Waals surface area contributed by atoms with E-state index in [1.54, 1.807) is 6.92 Å². The van der Waals surface area contributed by atoms with Crippen molar-refractivity contribution in [1.82, 2.24) is 5.32 Å². The van der Waals surface area contributed by atoms with Gasteiger partial charge in [0.2, 0.25) is 0 Å². The summed E-state index contributed by atoms with van der Waals surface area (Å²) < 4.78 is 16.9. The van der Waals surface area contributed by atoms with Crippen molar-refractivity contribution in [3.05, 3.63) is 0 Å². The summed E-state index contributed by atoms with van der Waals surface area (Å²) in [7, 11) is -1.92. The summed E-state index contributed by atoms with van der Waals surface area (Å²) in [4.78, 5) is 12.0. The third-order valence-corrected chi connectivity index (χ3v) is 8.35. The smallest absolute Gasteiger partial charge is 0.408 e. The summed E-state index contributed by atoms with van der Waals surface area (Å²) in [5.41, 5.74) is -0.560. The van der Waals surface area contributed by atoms with Crippen LogP contribution in [0.1, 0.15) is 48.5 Å². The number of carbonyl (C=O) groups is 1. The number of hydrogen-bond donors (Lipinski definition) is 2. The van der Waals surface area contributed by atoms with Gasteiger partial charge in [0.05, 0.1) is 32.0 Å². The van der Waals surface area contributed by atoms with E-state index in [9.17, 15) is 9.90 Å². The molecule has 0 aromatic rings. The molecular weight excluding hydrogens is 326 g/mol. The highest BCUT2D eigenvalue weighted by molar-refractivity contribution is 6.74. The molecule has 0 unspecified atom stereocenters. The SMILES string of the molecule is C[C@H](O)COC[C@H](CO[Si](C)(C)C(C)(C)C)NC(=O)OC(C)(C)C. The van der Waals surface area contributed by atoms with Gasteiger partial charge < -0.3 is 24.3 Å². The molecule has 0 saturated carbocycles. The molecule has 2 atom stereocenters. The van der Waals surface area contributed by atoms with E-state index in [1.807, 2.05) is 20.8 Å². The highest BCUT2D eigenvalue weighted by Gasteiger charge is 2.37. The number of nitrogens with one attached hydrogen (secondary N) is 1. The number of hydrogen-bond acceptors (Lipinski definition) is 5. The van der Waals surface area contributed by atoms with Crippen molar-refractivity contribution >= 4 is 14.4 Å². The lowest BCUT2D eigenvalue weighted by Crippen LogP contribution is -2.49. The molecule has 2 N–H and O–H groups in total. The second-order valence-electron chi connectivity index (χ2n) is 8.80. The van der Waals surface area contributed by atoms with Crippen LogP contribution in [0.15, 0.2) is 0 Å². The first kappa shape index (κ1) is 23.4. The predicted molar refractivity (Wildman–Crippen MR) is 98.8 cm³/mol. The molecule has 24 heavy (non-hydrogen) atoms. The molecule has 0 fully saturated rings. The highest BCUT2D eigenvalue weighted by Crippen LogP contribution is 2.36. The minimum atomic E-state index is -1.92. The van der Waals surface area contributed by atoms with Crippen LogP contribution in [0.3, 0.4) is 0 Å². The van der Waals surface area contributed by atoms with Crippen molar-refractivity contribution in [2.75, 3.05) is 19.8 Å². The van der Waals surface area contributed by atoms with E-state index in [0.29, 0.717) is 6.61 Å². The van der Waals surface area contributed by atoms with E-state index in [4.69, 9.17) is 13.9 Å². The van der Waals surface area contributed by atoms with Crippen LogP contribution in [0.2, 0.25) is 18.1 Å². The molecule has 0 aromatic heterocycles. The van der Waals surface area contributed by atoms with Gasteiger partial charge in [-0.3, -0.25) is 0 Å². The molecule has 0 bridgehead atoms. The molecule has 6 nitrogen and oxygen atoms in total. The maximum atomic E-state index is 12.0. The van der Waals surface area contributed by atoms with Crippen LogP contribution in [0, 0.1) is 0 Å². The molecule has 0 rings (SSSR count). The zero-order valence-corrected chi connectivity index (χ0v) is 17.9. The summed E-state index contributed by atoms with van der Waals surface area (Å²) in [6.45, 7) is 18.8. The third-order valence-electron chi connectivity index (χ3n) is 3.85. The van der Waals surface area contributed by atoms with Crippen LogP contribution in [-0.4, -0.2) is 57.1 Å². The van der Waals surface area contributed by atoms with Crippen LogP contribution in [-0.2, 0) is 13.9 Å². The lowest BCUT2D eigenvalue weighted by molar-refractivity contribution is 0.0194. The molecule has 7 heteroatoms. The van der Waals surface area contributed by atoms with Crippen LogP contribution in [0.4, 0.5) is 4.79 Å². The monoisotopic (exact) mass is 363 g/mol. The number of ether oxygens (including phenoxy) is 2.